The van der Waals surface area contributed by atoms with E-state index in [0.717, 1.165) is 17.5 Å². The SMILES string of the molecule is C=CCn1c(O)c(C=NCCCN(C)C)c(=O)[nH]c1=O. The molecule has 20 heavy (non-hydrogen) atoms. The van der Waals surface area contributed by atoms with Crippen LogP contribution in [0.25, 0.3) is 0 Å². The molecule has 2 N–H and O–H groups in total. The summed E-state index contributed by atoms with van der Waals surface area (Å²) in [4.78, 5) is 31.4. The van der Waals surface area contributed by atoms with Gasteiger partial charge in [0.1, 0.15) is 5.56 Å². The van der Waals surface area contributed by atoms with Crippen LogP contribution in [0, 0.1) is 0 Å². The number of nitrogens with zero attached hydrogens (tertiary/aromatic N) is 3. The fraction of sp³-hybridized carbons (Fsp3) is 0.462. The Balaban J connectivity index is 2.92. The number of aromatic hydroxyl groups is 1. The van der Waals surface area contributed by atoms with Crippen molar-refractivity contribution in [1.82, 2.24) is 14.5 Å². The number of aliphatic imine (C=N–C) groups is 1. The maximum atomic E-state index is 11.6. The second-order valence-corrected chi connectivity index (χ2v) is 4.59. The van der Waals surface area contributed by atoms with Crippen LogP contribution in [0.1, 0.15) is 12.0 Å². The topological polar surface area (TPSA) is 90.7 Å². The van der Waals surface area contributed by atoms with Crippen LogP contribution in [0.15, 0.2) is 27.2 Å². The fourth-order valence-electron chi connectivity index (χ4n) is 1.62. The summed E-state index contributed by atoms with van der Waals surface area (Å²) in [5, 5.41) is 9.92. The number of hydrogen-bond donors (Lipinski definition) is 2. The van der Waals surface area contributed by atoms with E-state index in [1.165, 1.54) is 12.3 Å². The molecular weight excluding hydrogens is 260 g/mol. The van der Waals surface area contributed by atoms with E-state index in [4.69, 9.17) is 0 Å². The monoisotopic (exact) mass is 280 g/mol. The van der Waals surface area contributed by atoms with E-state index in [2.05, 4.69) is 16.6 Å². The average molecular weight is 280 g/mol. The molecule has 1 rings (SSSR count). The molecule has 0 aliphatic heterocycles. The smallest absolute Gasteiger partial charge is 0.331 e. The van der Waals surface area contributed by atoms with Gasteiger partial charge in [-0.2, -0.15) is 0 Å². The predicted molar refractivity (Wildman–Crippen MR) is 78.8 cm³/mol. The predicted octanol–water partition coefficient (Wildman–Crippen LogP) is -0.201. The van der Waals surface area contributed by atoms with Crippen molar-refractivity contribution in [2.24, 2.45) is 4.99 Å². The van der Waals surface area contributed by atoms with Gasteiger partial charge < -0.3 is 10.0 Å². The molecule has 0 spiro atoms. The molecule has 1 aromatic heterocycles. The van der Waals surface area contributed by atoms with E-state index >= 15 is 0 Å². The molecule has 7 nitrogen and oxygen atoms in total. The van der Waals surface area contributed by atoms with Gasteiger partial charge in [0.05, 0.1) is 0 Å². The van der Waals surface area contributed by atoms with E-state index in [-0.39, 0.29) is 12.1 Å². The summed E-state index contributed by atoms with van der Waals surface area (Å²) in [6.07, 6.45) is 3.59. The van der Waals surface area contributed by atoms with Gasteiger partial charge in [-0.25, -0.2) is 4.79 Å². The quantitative estimate of drug-likeness (QED) is 0.411. The van der Waals surface area contributed by atoms with Crippen LogP contribution >= 0.6 is 0 Å². The van der Waals surface area contributed by atoms with Gasteiger partial charge in [0.2, 0.25) is 5.88 Å². The van der Waals surface area contributed by atoms with Gasteiger partial charge in [0.25, 0.3) is 5.56 Å². The molecule has 0 bridgehead atoms. The van der Waals surface area contributed by atoms with Gasteiger partial charge in [0.15, 0.2) is 0 Å². The highest BCUT2D eigenvalue weighted by molar-refractivity contribution is 5.81. The standard InChI is InChI=1S/C13H20N4O3/c1-4-7-17-12(19)10(11(18)15-13(17)20)9-14-6-5-8-16(2)3/h4,9,19H,1,5-8H2,2-3H3,(H,15,18,20). The molecule has 0 aliphatic carbocycles. The molecule has 0 fully saturated rings. The van der Waals surface area contributed by atoms with Crippen molar-refractivity contribution in [3.05, 3.63) is 39.1 Å². The lowest BCUT2D eigenvalue weighted by molar-refractivity contribution is 0.403. The van der Waals surface area contributed by atoms with Crippen LogP contribution in [0.5, 0.6) is 5.88 Å². The first-order chi connectivity index (χ1) is 9.47. The third-order valence-electron chi connectivity index (χ3n) is 2.63. The van der Waals surface area contributed by atoms with Crippen LogP contribution in [-0.2, 0) is 6.54 Å². The van der Waals surface area contributed by atoms with Crippen LogP contribution in [-0.4, -0.2) is 53.0 Å². The Hall–Kier alpha value is -2.15. The summed E-state index contributed by atoms with van der Waals surface area (Å²) in [6, 6.07) is 0. The molecule has 1 aromatic rings. The second-order valence-electron chi connectivity index (χ2n) is 4.59. The van der Waals surface area contributed by atoms with Crippen molar-refractivity contribution in [3.63, 3.8) is 0 Å². The van der Waals surface area contributed by atoms with Crippen molar-refractivity contribution in [2.75, 3.05) is 27.2 Å². The van der Waals surface area contributed by atoms with Gasteiger partial charge in [-0.05, 0) is 27.1 Å². The molecular formula is C13H20N4O3. The van der Waals surface area contributed by atoms with E-state index in [1.54, 1.807) is 0 Å². The van der Waals surface area contributed by atoms with E-state index < -0.39 is 17.1 Å². The number of allylic oxidation sites excluding steroid dienone is 1. The Morgan fingerprint density at radius 3 is 2.75 bits per heavy atom. The fourth-order valence-corrected chi connectivity index (χ4v) is 1.62. The summed E-state index contributed by atoms with van der Waals surface area (Å²) in [5.41, 5.74) is -1.34. The first kappa shape index (κ1) is 15.9. The number of rotatable bonds is 7. The molecule has 0 radical (unpaired) electrons. The Morgan fingerprint density at radius 1 is 1.45 bits per heavy atom. The van der Waals surface area contributed by atoms with Crippen LogP contribution in [0.4, 0.5) is 0 Å². The van der Waals surface area contributed by atoms with E-state index in [9.17, 15) is 14.7 Å². The van der Waals surface area contributed by atoms with Crippen molar-refractivity contribution in [3.8, 4) is 5.88 Å². The van der Waals surface area contributed by atoms with Crippen molar-refractivity contribution in [1.29, 1.82) is 0 Å². The molecule has 7 heteroatoms. The van der Waals surface area contributed by atoms with Crippen molar-refractivity contribution >= 4 is 6.21 Å². The molecule has 0 atom stereocenters. The van der Waals surface area contributed by atoms with Gasteiger partial charge in [-0.3, -0.25) is 19.3 Å². The normalized spacial score (nSPS) is 11.3. The Morgan fingerprint density at radius 2 is 2.15 bits per heavy atom. The van der Waals surface area contributed by atoms with E-state index in [1.807, 2.05) is 19.0 Å². The third kappa shape index (κ3) is 4.20. The highest BCUT2D eigenvalue weighted by Crippen LogP contribution is 2.07. The number of hydrogen-bond acceptors (Lipinski definition) is 5. The molecule has 1 heterocycles. The maximum absolute atomic E-state index is 11.6. The molecule has 110 valence electrons. The summed E-state index contributed by atoms with van der Waals surface area (Å²) in [6.45, 7) is 5.03. The maximum Gasteiger partial charge on any atom is 0.331 e. The zero-order chi connectivity index (χ0) is 15.1. The Kier molecular flexibility index (Phi) is 5.92. The van der Waals surface area contributed by atoms with E-state index in [0.29, 0.717) is 6.54 Å². The highest BCUT2D eigenvalue weighted by atomic mass is 16.3. The summed E-state index contributed by atoms with van der Waals surface area (Å²) in [7, 11) is 3.93. The van der Waals surface area contributed by atoms with Gasteiger partial charge in [0, 0.05) is 19.3 Å². The molecule has 0 unspecified atom stereocenters. The van der Waals surface area contributed by atoms with Gasteiger partial charge >= 0.3 is 5.69 Å². The highest BCUT2D eigenvalue weighted by Gasteiger charge is 2.11. The average Bonchev–Trinajstić information content (AvgIpc) is 2.37. The van der Waals surface area contributed by atoms with Crippen LogP contribution in [0.3, 0.4) is 0 Å². The zero-order valence-corrected chi connectivity index (χ0v) is 11.8. The first-order valence-electron chi connectivity index (χ1n) is 6.29. The minimum Gasteiger partial charge on any atom is -0.494 e. The van der Waals surface area contributed by atoms with Gasteiger partial charge in [-0.1, -0.05) is 6.08 Å². The molecule has 0 aliphatic rings. The summed E-state index contributed by atoms with van der Waals surface area (Å²) in [5.74, 6) is -0.394. The van der Waals surface area contributed by atoms with Crippen molar-refractivity contribution in [2.45, 2.75) is 13.0 Å². The Bertz CT molecular complexity index is 599. The Labute approximate surface area is 116 Å². The van der Waals surface area contributed by atoms with Gasteiger partial charge in [-0.15, -0.1) is 6.58 Å². The minimum atomic E-state index is -0.669. The molecule has 0 amide bonds. The van der Waals surface area contributed by atoms with Crippen LogP contribution in [0.2, 0.25) is 0 Å². The number of aromatic nitrogens is 2. The largest absolute Gasteiger partial charge is 0.494 e. The molecule has 0 saturated carbocycles. The van der Waals surface area contributed by atoms with Crippen LogP contribution < -0.4 is 11.2 Å². The number of H-pyrrole nitrogens is 1. The second kappa shape index (κ2) is 7.44. The lowest BCUT2D eigenvalue weighted by atomic mass is 10.3. The molecule has 0 aromatic carbocycles. The lowest BCUT2D eigenvalue weighted by Crippen LogP contribution is -2.32. The zero-order valence-electron chi connectivity index (χ0n) is 11.8. The summed E-state index contributed by atoms with van der Waals surface area (Å²) < 4.78 is 1.02. The number of nitrogens with one attached hydrogen (secondary N) is 1. The third-order valence-corrected chi connectivity index (χ3v) is 2.63. The van der Waals surface area contributed by atoms with Crippen molar-refractivity contribution < 1.29 is 5.11 Å². The number of aromatic amines is 1. The first-order valence-corrected chi connectivity index (χ1v) is 6.29. The lowest BCUT2D eigenvalue weighted by Gasteiger charge is -2.07. The summed E-state index contributed by atoms with van der Waals surface area (Å²) >= 11 is 0. The minimum absolute atomic E-state index is 0.0173. The molecule has 0 saturated heterocycles.